The lowest BCUT2D eigenvalue weighted by molar-refractivity contribution is -0.128. The molecule has 4 nitrogen and oxygen atoms in total. The Kier molecular flexibility index (Phi) is 6.56. The van der Waals surface area contributed by atoms with Gasteiger partial charge in [0.25, 0.3) is 5.91 Å². The van der Waals surface area contributed by atoms with Crippen molar-refractivity contribution in [2.24, 2.45) is 0 Å². The van der Waals surface area contributed by atoms with E-state index in [-0.39, 0.29) is 5.91 Å². The van der Waals surface area contributed by atoms with Gasteiger partial charge in [0, 0.05) is 6.04 Å². The smallest absolute Gasteiger partial charge is 0.261 e. The molecule has 22 heavy (non-hydrogen) atoms. The van der Waals surface area contributed by atoms with Crippen LogP contribution in [0.5, 0.6) is 11.5 Å². The second kappa shape index (κ2) is 8.66. The summed E-state index contributed by atoms with van der Waals surface area (Å²) in [6, 6.07) is 7.65. The van der Waals surface area contributed by atoms with E-state index in [1.165, 1.54) is 25.7 Å². The fourth-order valence-electron chi connectivity index (χ4n) is 2.86. The normalized spacial score (nSPS) is 17.4. The molecule has 1 atom stereocenters. The molecule has 0 heterocycles. The van der Waals surface area contributed by atoms with Crippen LogP contribution in [0.3, 0.4) is 0 Å². The minimum atomic E-state index is -0.434. The highest BCUT2D eigenvalue weighted by Gasteiger charge is 2.22. The molecule has 1 aliphatic rings. The zero-order chi connectivity index (χ0) is 15.8. The Labute approximate surface area is 133 Å². The molecule has 0 aromatic heterocycles. The maximum atomic E-state index is 12.4. The molecule has 4 heteroatoms. The number of rotatable bonds is 6. The first-order valence-corrected chi connectivity index (χ1v) is 8.34. The van der Waals surface area contributed by atoms with Gasteiger partial charge in [-0.05, 0) is 43.5 Å². The van der Waals surface area contributed by atoms with Crippen LogP contribution in [-0.4, -0.2) is 25.2 Å². The molecule has 1 saturated carbocycles. The predicted molar refractivity (Wildman–Crippen MR) is 87.3 cm³/mol. The molecule has 0 spiro atoms. The van der Waals surface area contributed by atoms with Crippen molar-refractivity contribution in [3.8, 4) is 11.5 Å². The van der Waals surface area contributed by atoms with Crippen LogP contribution in [0.2, 0.25) is 0 Å². The van der Waals surface area contributed by atoms with Gasteiger partial charge in [-0.15, -0.1) is 0 Å². The first-order valence-electron chi connectivity index (χ1n) is 8.34. The quantitative estimate of drug-likeness (QED) is 0.815. The number of ether oxygens (including phenoxy) is 2. The van der Waals surface area contributed by atoms with Gasteiger partial charge < -0.3 is 14.8 Å². The number of nitrogens with one attached hydrogen (secondary N) is 1. The van der Waals surface area contributed by atoms with Gasteiger partial charge in [-0.3, -0.25) is 4.79 Å². The Morgan fingerprint density at radius 3 is 2.27 bits per heavy atom. The molecule has 1 aromatic carbocycles. The number of hydrogen-bond donors (Lipinski definition) is 1. The van der Waals surface area contributed by atoms with Crippen molar-refractivity contribution in [3.05, 3.63) is 24.3 Å². The summed E-state index contributed by atoms with van der Waals surface area (Å²) in [4.78, 5) is 12.4. The number of methoxy groups -OCH3 is 1. The van der Waals surface area contributed by atoms with E-state index < -0.39 is 6.10 Å². The van der Waals surface area contributed by atoms with Crippen molar-refractivity contribution < 1.29 is 14.3 Å². The zero-order valence-electron chi connectivity index (χ0n) is 13.6. The molecule has 1 aromatic rings. The van der Waals surface area contributed by atoms with Crippen molar-refractivity contribution in [1.29, 1.82) is 0 Å². The minimum absolute atomic E-state index is 0.00483. The largest absolute Gasteiger partial charge is 0.497 e. The summed E-state index contributed by atoms with van der Waals surface area (Å²) in [6.07, 6.45) is 7.39. The molecule has 0 bridgehead atoms. The van der Waals surface area contributed by atoms with E-state index in [0.717, 1.165) is 18.6 Å². The summed E-state index contributed by atoms with van der Waals surface area (Å²) in [7, 11) is 1.63. The lowest BCUT2D eigenvalue weighted by Gasteiger charge is -2.22. The molecule has 1 amide bonds. The summed E-state index contributed by atoms with van der Waals surface area (Å²) >= 11 is 0. The van der Waals surface area contributed by atoms with Crippen LogP contribution in [0, 0.1) is 0 Å². The first-order chi connectivity index (χ1) is 10.7. The van der Waals surface area contributed by atoms with Crippen LogP contribution in [-0.2, 0) is 4.79 Å². The highest BCUT2D eigenvalue weighted by molar-refractivity contribution is 5.81. The molecule has 1 fully saturated rings. The molecular formula is C18H27NO3. The van der Waals surface area contributed by atoms with E-state index in [1.807, 2.05) is 31.2 Å². The van der Waals surface area contributed by atoms with Crippen molar-refractivity contribution in [3.63, 3.8) is 0 Å². The molecule has 1 aliphatic carbocycles. The standard InChI is InChI=1S/C18H27NO3/c1-3-17(22-16-12-10-15(21-2)11-13-16)18(20)19-14-8-6-4-5-7-9-14/h10-14,17H,3-9H2,1-2H3,(H,19,20)/t17-/m1/s1. The van der Waals surface area contributed by atoms with Crippen molar-refractivity contribution in [2.45, 2.75) is 64.0 Å². The van der Waals surface area contributed by atoms with Gasteiger partial charge >= 0.3 is 0 Å². The number of amides is 1. The number of carbonyl (C=O) groups excluding carboxylic acids is 1. The molecule has 0 radical (unpaired) electrons. The molecular weight excluding hydrogens is 278 g/mol. The third kappa shape index (κ3) is 4.93. The van der Waals surface area contributed by atoms with Crippen molar-refractivity contribution >= 4 is 5.91 Å². The lowest BCUT2D eigenvalue weighted by atomic mass is 10.1. The molecule has 2 rings (SSSR count). The van der Waals surface area contributed by atoms with Crippen LogP contribution < -0.4 is 14.8 Å². The van der Waals surface area contributed by atoms with Crippen LogP contribution >= 0.6 is 0 Å². The van der Waals surface area contributed by atoms with E-state index in [0.29, 0.717) is 18.2 Å². The molecule has 1 N–H and O–H groups in total. The summed E-state index contributed by atoms with van der Waals surface area (Å²) in [6.45, 7) is 1.97. The zero-order valence-corrected chi connectivity index (χ0v) is 13.6. The third-order valence-corrected chi connectivity index (χ3v) is 4.20. The second-order valence-corrected chi connectivity index (χ2v) is 5.89. The van der Waals surface area contributed by atoms with E-state index in [1.54, 1.807) is 7.11 Å². The molecule has 0 unspecified atom stereocenters. The Morgan fingerprint density at radius 1 is 1.14 bits per heavy atom. The van der Waals surface area contributed by atoms with Gasteiger partial charge in [-0.2, -0.15) is 0 Å². The number of hydrogen-bond acceptors (Lipinski definition) is 3. The lowest BCUT2D eigenvalue weighted by Crippen LogP contribution is -2.43. The van der Waals surface area contributed by atoms with Crippen molar-refractivity contribution in [2.75, 3.05) is 7.11 Å². The maximum Gasteiger partial charge on any atom is 0.261 e. The SMILES string of the molecule is CC[C@@H](Oc1ccc(OC)cc1)C(=O)NC1CCCCCC1. The van der Waals surface area contributed by atoms with Crippen LogP contribution in [0.4, 0.5) is 0 Å². The summed E-state index contributed by atoms with van der Waals surface area (Å²) in [5, 5.41) is 3.16. The monoisotopic (exact) mass is 305 g/mol. The Hall–Kier alpha value is -1.71. The average Bonchev–Trinajstić information content (AvgIpc) is 2.81. The Bertz CT molecular complexity index is 450. The fraction of sp³-hybridized carbons (Fsp3) is 0.611. The summed E-state index contributed by atoms with van der Waals surface area (Å²) in [5.74, 6) is 1.48. The van der Waals surface area contributed by atoms with Gasteiger partial charge in [0.2, 0.25) is 0 Å². The van der Waals surface area contributed by atoms with E-state index in [9.17, 15) is 4.79 Å². The highest BCUT2D eigenvalue weighted by Crippen LogP contribution is 2.20. The topological polar surface area (TPSA) is 47.6 Å². The summed E-state index contributed by atoms with van der Waals surface area (Å²) < 4.78 is 11.0. The number of benzene rings is 1. The molecule has 122 valence electrons. The van der Waals surface area contributed by atoms with Crippen LogP contribution in [0.25, 0.3) is 0 Å². The summed E-state index contributed by atoms with van der Waals surface area (Å²) in [5.41, 5.74) is 0. The Morgan fingerprint density at radius 2 is 1.73 bits per heavy atom. The van der Waals surface area contributed by atoms with Crippen molar-refractivity contribution in [1.82, 2.24) is 5.32 Å². The minimum Gasteiger partial charge on any atom is -0.497 e. The number of carbonyl (C=O) groups is 1. The average molecular weight is 305 g/mol. The van der Waals surface area contributed by atoms with Gasteiger partial charge in [-0.25, -0.2) is 0 Å². The first kappa shape index (κ1) is 16.7. The fourth-order valence-corrected chi connectivity index (χ4v) is 2.86. The highest BCUT2D eigenvalue weighted by atomic mass is 16.5. The van der Waals surface area contributed by atoms with Gasteiger partial charge in [0.1, 0.15) is 11.5 Å². The van der Waals surface area contributed by atoms with Crippen LogP contribution in [0.15, 0.2) is 24.3 Å². The maximum absolute atomic E-state index is 12.4. The third-order valence-electron chi connectivity index (χ3n) is 4.20. The van der Waals surface area contributed by atoms with Gasteiger partial charge in [-0.1, -0.05) is 32.6 Å². The second-order valence-electron chi connectivity index (χ2n) is 5.89. The molecule has 0 aliphatic heterocycles. The van der Waals surface area contributed by atoms with E-state index in [2.05, 4.69) is 5.32 Å². The molecule has 0 saturated heterocycles. The van der Waals surface area contributed by atoms with Crippen LogP contribution in [0.1, 0.15) is 51.9 Å². The van der Waals surface area contributed by atoms with E-state index >= 15 is 0 Å². The van der Waals surface area contributed by atoms with Gasteiger partial charge in [0.05, 0.1) is 7.11 Å². The van der Waals surface area contributed by atoms with Gasteiger partial charge in [0.15, 0.2) is 6.10 Å². The van der Waals surface area contributed by atoms with E-state index in [4.69, 9.17) is 9.47 Å². The Balaban J connectivity index is 1.89. The predicted octanol–water partition coefficient (Wildman–Crippen LogP) is 3.69.